The molecule has 0 aromatic carbocycles. The first-order valence-corrected chi connectivity index (χ1v) is 5.45. The summed E-state index contributed by atoms with van der Waals surface area (Å²) in [6, 6.07) is 0.613. The molecule has 2 rings (SSSR count). The zero-order valence-corrected chi connectivity index (χ0v) is 10.4. The fourth-order valence-corrected chi connectivity index (χ4v) is 1.90. The van der Waals surface area contributed by atoms with Crippen molar-refractivity contribution in [2.75, 3.05) is 14.1 Å². The maximum absolute atomic E-state index is 4.66. The van der Waals surface area contributed by atoms with Crippen LogP contribution in [0.3, 0.4) is 0 Å². The minimum atomic E-state index is 0.260. The molecule has 2 aliphatic rings. The van der Waals surface area contributed by atoms with E-state index >= 15 is 0 Å². The summed E-state index contributed by atoms with van der Waals surface area (Å²) in [6.45, 7) is 12.2. The van der Waals surface area contributed by atoms with Crippen molar-refractivity contribution in [1.82, 2.24) is 9.80 Å². The summed E-state index contributed by atoms with van der Waals surface area (Å²) >= 11 is 0. The van der Waals surface area contributed by atoms with Gasteiger partial charge in [0.05, 0.1) is 11.7 Å². The molecule has 2 atom stereocenters. The van der Waals surface area contributed by atoms with Crippen molar-refractivity contribution in [3.05, 3.63) is 24.7 Å². The molecule has 0 saturated heterocycles. The van der Waals surface area contributed by atoms with Crippen LogP contribution in [0.5, 0.6) is 0 Å². The quantitative estimate of drug-likeness (QED) is 0.616. The van der Waals surface area contributed by atoms with Crippen molar-refractivity contribution in [1.29, 1.82) is 0 Å². The topological polar surface area (TPSA) is 31.2 Å². The van der Waals surface area contributed by atoms with Crippen molar-refractivity contribution in [2.24, 2.45) is 9.98 Å². The number of amidine groups is 1. The van der Waals surface area contributed by atoms with Crippen LogP contribution in [0, 0.1) is 0 Å². The summed E-state index contributed by atoms with van der Waals surface area (Å²) in [6.07, 6.45) is 0. The predicted molar refractivity (Wildman–Crippen MR) is 67.6 cm³/mol. The maximum atomic E-state index is 4.66. The number of hydrogen-bond donors (Lipinski definition) is 0. The number of fused-ring (bicyclic) bond motifs is 1. The Balaban J connectivity index is 2.54. The third-order valence-electron chi connectivity index (χ3n) is 3.49. The zero-order chi connectivity index (χ0) is 12.0. The van der Waals surface area contributed by atoms with Crippen LogP contribution in [0.4, 0.5) is 0 Å². The molecule has 0 aromatic rings. The molecule has 86 valence electrons. The molecule has 0 amide bonds. The summed E-state index contributed by atoms with van der Waals surface area (Å²) in [5.41, 5.74) is 1.77. The molecule has 16 heavy (non-hydrogen) atoms. The molecule has 0 fully saturated rings. The van der Waals surface area contributed by atoms with E-state index in [1.165, 1.54) is 0 Å². The van der Waals surface area contributed by atoms with Gasteiger partial charge in [0.2, 0.25) is 0 Å². The average molecular weight is 218 g/mol. The number of aliphatic imine (C=N–C) groups is 2. The van der Waals surface area contributed by atoms with Gasteiger partial charge in [-0.3, -0.25) is 4.99 Å². The van der Waals surface area contributed by atoms with Crippen LogP contribution in [0.25, 0.3) is 0 Å². The highest BCUT2D eigenvalue weighted by Crippen LogP contribution is 2.24. The molecule has 0 saturated carbocycles. The zero-order valence-electron chi connectivity index (χ0n) is 10.4. The van der Waals surface area contributed by atoms with Gasteiger partial charge in [-0.25, -0.2) is 4.99 Å². The van der Waals surface area contributed by atoms with E-state index in [1.807, 2.05) is 19.0 Å². The van der Waals surface area contributed by atoms with Crippen LogP contribution in [-0.2, 0) is 0 Å². The normalized spacial score (nSPS) is 30.0. The van der Waals surface area contributed by atoms with Crippen LogP contribution >= 0.6 is 0 Å². The molecule has 2 aliphatic heterocycles. The van der Waals surface area contributed by atoms with E-state index in [1.54, 1.807) is 0 Å². The van der Waals surface area contributed by atoms with Crippen molar-refractivity contribution >= 4 is 11.5 Å². The Labute approximate surface area is 96.7 Å². The van der Waals surface area contributed by atoms with E-state index in [9.17, 15) is 0 Å². The van der Waals surface area contributed by atoms with Gasteiger partial charge in [0.1, 0.15) is 11.5 Å². The summed E-state index contributed by atoms with van der Waals surface area (Å²) in [7, 11) is 3.96. The van der Waals surface area contributed by atoms with E-state index in [4.69, 9.17) is 0 Å². The van der Waals surface area contributed by atoms with Crippen LogP contribution in [0.15, 0.2) is 34.7 Å². The molecular formula is C12H18N4. The predicted octanol–water partition coefficient (Wildman–Crippen LogP) is 1.48. The molecule has 0 radical (unpaired) electrons. The second-order valence-corrected chi connectivity index (χ2v) is 4.43. The first-order chi connectivity index (χ1) is 7.43. The van der Waals surface area contributed by atoms with Gasteiger partial charge in [0.15, 0.2) is 5.84 Å². The summed E-state index contributed by atoms with van der Waals surface area (Å²) in [5.74, 6) is 1.60. The summed E-state index contributed by atoms with van der Waals surface area (Å²) < 4.78 is 0. The van der Waals surface area contributed by atoms with E-state index in [-0.39, 0.29) is 6.04 Å². The smallest absolute Gasteiger partial charge is 0.158 e. The number of hydrogen-bond acceptors (Lipinski definition) is 4. The van der Waals surface area contributed by atoms with Gasteiger partial charge in [-0.2, -0.15) is 0 Å². The van der Waals surface area contributed by atoms with Gasteiger partial charge in [0.25, 0.3) is 0 Å². The third kappa shape index (κ3) is 1.37. The van der Waals surface area contributed by atoms with E-state index in [2.05, 4.69) is 41.9 Å². The molecule has 4 heteroatoms. The Morgan fingerprint density at radius 3 is 2.44 bits per heavy atom. The molecule has 0 bridgehead atoms. The lowest BCUT2D eigenvalue weighted by Gasteiger charge is -2.40. The molecule has 4 nitrogen and oxygen atoms in total. The Morgan fingerprint density at radius 1 is 1.19 bits per heavy atom. The van der Waals surface area contributed by atoms with Crippen molar-refractivity contribution in [3.63, 3.8) is 0 Å². The molecule has 0 spiro atoms. The number of likely N-dealkylation sites (N-methyl/N-ethyl adjacent to an activating group) is 1. The van der Waals surface area contributed by atoms with Gasteiger partial charge >= 0.3 is 0 Å². The van der Waals surface area contributed by atoms with Crippen LogP contribution in [0.2, 0.25) is 0 Å². The minimum Gasteiger partial charge on any atom is -0.353 e. The van der Waals surface area contributed by atoms with Crippen LogP contribution < -0.4 is 0 Å². The lowest BCUT2D eigenvalue weighted by atomic mass is 10.0. The lowest BCUT2D eigenvalue weighted by molar-refractivity contribution is 0.336. The van der Waals surface area contributed by atoms with E-state index in [0.717, 1.165) is 17.2 Å². The van der Waals surface area contributed by atoms with Gasteiger partial charge in [0, 0.05) is 20.1 Å². The van der Waals surface area contributed by atoms with E-state index in [0.29, 0.717) is 11.9 Å². The highest BCUT2D eigenvalue weighted by molar-refractivity contribution is 6.48. The van der Waals surface area contributed by atoms with Crippen LogP contribution in [-0.4, -0.2) is 47.5 Å². The van der Waals surface area contributed by atoms with Gasteiger partial charge in [-0.15, -0.1) is 0 Å². The van der Waals surface area contributed by atoms with Crippen LogP contribution in [0.1, 0.15) is 13.8 Å². The molecule has 2 unspecified atom stereocenters. The first kappa shape index (κ1) is 10.9. The minimum absolute atomic E-state index is 0.260. The van der Waals surface area contributed by atoms with Crippen molar-refractivity contribution in [2.45, 2.75) is 25.9 Å². The monoisotopic (exact) mass is 218 g/mol. The van der Waals surface area contributed by atoms with Gasteiger partial charge < -0.3 is 9.80 Å². The Kier molecular flexibility index (Phi) is 2.37. The lowest BCUT2D eigenvalue weighted by Crippen LogP contribution is -2.52. The first-order valence-electron chi connectivity index (χ1n) is 5.45. The second kappa shape index (κ2) is 3.47. The Bertz CT molecular complexity index is 419. The Hall–Kier alpha value is -1.58. The SMILES string of the molecule is C=C1N=C2C(=NC(C)C(C)N2C)C(=C)N1C. The molecular weight excluding hydrogens is 200 g/mol. The summed E-state index contributed by atoms with van der Waals surface area (Å²) in [4.78, 5) is 13.2. The van der Waals surface area contributed by atoms with Crippen molar-refractivity contribution < 1.29 is 0 Å². The second-order valence-electron chi connectivity index (χ2n) is 4.43. The molecule has 2 heterocycles. The van der Waals surface area contributed by atoms with Gasteiger partial charge in [-0.1, -0.05) is 13.2 Å². The fourth-order valence-electron chi connectivity index (χ4n) is 1.90. The third-order valence-corrected chi connectivity index (χ3v) is 3.49. The molecule has 0 aliphatic carbocycles. The number of nitrogens with zero attached hydrogens (tertiary/aromatic N) is 4. The number of rotatable bonds is 0. The van der Waals surface area contributed by atoms with E-state index < -0.39 is 0 Å². The Morgan fingerprint density at radius 2 is 1.81 bits per heavy atom. The molecule has 0 aromatic heterocycles. The fraction of sp³-hybridized carbons (Fsp3) is 0.500. The highest BCUT2D eigenvalue weighted by atomic mass is 15.3. The maximum Gasteiger partial charge on any atom is 0.158 e. The van der Waals surface area contributed by atoms with Crippen molar-refractivity contribution in [3.8, 4) is 0 Å². The average Bonchev–Trinajstić information content (AvgIpc) is 2.25. The molecule has 0 N–H and O–H groups in total. The largest absolute Gasteiger partial charge is 0.353 e. The van der Waals surface area contributed by atoms with Gasteiger partial charge in [-0.05, 0) is 13.8 Å². The summed E-state index contributed by atoms with van der Waals surface area (Å²) in [5, 5.41) is 0. The standard InChI is InChI=1S/C12H18N4/c1-7-8(2)16(6)12-11(13-7)9(3)15(5)10(4)14-12/h7-8H,3-4H2,1-2,5-6H3. The highest BCUT2D eigenvalue weighted by Gasteiger charge is 2.34.